The van der Waals surface area contributed by atoms with Gasteiger partial charge in [-0.3, -0.25) is 0 Å². The second-order valence-corrected chi connectivity index (χ2v) is 6.44. The van der Waals surface area contributed by atoms with Gasteiger partial charge in [-0.2, -0.15) is 0 Å². The van der Waals surface area contributed by atoms with Gasteiger partial charge in [0.1, 0.15) is 0 Å². The first-order chi connectivity index (χ1) is 5.40. The molecule has 2 aliphatic rings. The Labute approximate surface area is 76.3 Å². The van der Waals surface area contributed by atoms with Gasteiger partial charge in [-0.05, 0) is 12.8 Å². The van der Waals surface area contributed by atoms with Crippen LogP contribution in [0, 0.1) is 0 Å². The van der Waals surface area contributed by atoms with E-state index in [9.17, 15) is 0 Å². The van der Waals surface area contributed by atoms with Crippen molar-refractivity contribution in [3.05, 3.63) is 0 Å². The fraction of sp³-hybridized carbons (Fsp3) is 1.00. The van der Waals surface area contributed by atoms with Crippen LogP contribution in [0.2, 0.25) is 0 Å². The van der Waals surface area contributed by atoms with Crippen LogP contribution in [0.1, 0.15) is 25.7 Å². The lowest BCUT2D eigenvalue weighted by molar-refractivity contribution is 0.316. The summed E-state index contributed by atoms with van der Waals surface area (Å²) in [6.07, 6.45) is 5.59. The van der Waals surface area contributed by atoms with E-state index < -0.39 is 0 Å². The summed E-state index contributed by atoms with van der Waals surface area (Å²) in [4.78, 5) is 0. The number of thioether (sulfide) groups is 2. The minimum atomic E-state index is 0.363. The smallest absolute Gasteiger partial charge is 0.0739 e. The van der Waals surface area contributed by atoms with Gasteiger partial charge in [0.25, 0.3) is 0 Å². The van der Waals surface area contributed by atoms with Gasteiger partial charge < -0.3 is 5.11 Å². The van der Waals surface area contributed by atoms with E-state index in [1.165, 1.54) is 25.7 Å². The minimum Gasteiger partial charge on any atom is -0.394 e. The molecule has 0 spiro atoms. The van der Waals surface area contributed by atoms with Gasteiger partial charge in [-0.15, -0.1) is 23.5 Å². The number of hydrogen-bond acceptors (Lipinski definition) is 3. The lowest BCUT2D eigenvalue weighted by Gasteiger charge is -2.22. The molecule has 2 fully saturated rings. The minimum absolute atomic E-state index is 0.363. The molecule has 1 saturated carbocycles. The topological polar surface area (TPSA) is 20.2 Å². The molecule has 0 aromatic carbocycles. The van der Waals surface area contributed by atoms with Crippen LogP contribution >= 0.6 is 23.5 Å². The maximum atomic E-state index is 8.97. The summed E-state index contributed by atoms with van der Waals surface area (Å²) >= 11 is 4.02. The van der Waals surface area contributed by atoms with E-state index in [-0.39, 0.29) is 0 Å². The molecule has 11 heavy (non-hydrogen) atoms. The number of rotatable bonds is 1. The van der Waals surface area contributed by atoms with Crippen LogP contribution in [0.3, 0.4) is 0 Å². The zero-order chi connectivity index (χ0) is 7.68. The van der Waals surface area contributed by atoms with Crippen LogP contribution in [0.25, 0.3) is 0 Å². The van der Waals surface area contributed by atoms with E-state index in [2.05, 4.69) is 0 Å². The molecule has 64 valence electrons. The highest BCUT2D eigenvalue weighted by Gasteiger charge is 2.36. The molecule has 2 unspecified atom stereocenters. The molecular formula is C8H14OS2. The fourth-order valence-electron chi connectivity index (χ4n) is 1.88. The maximum absolute atomic E-state index is 8.97. The molecule has 0 aromatic heterocycles. The molecular weight excluding hydrogens is 176 g/mol. The van der Waals surface area contributed by atoms with Crippen LogP contribution in [0.5, 0.6) is 0 Å². The summed E-state index contributed by atoms with van der Waals surface area (Å²) in [6.45, 7) is 0.363. The predicted molar refractivity (Wildman–Crippen MR) is 52.1 cm³/mol. The Hall–Kier alpha value is 0.660. The Balaban J connectivity index is 1.92. The Morgan fingerprint density at radius 1 is 1.09 bits per heavy atom. The van der Waals surface area contributed by atoms with E-state index >= 15 is 0 Å². The molecule has 2 rings (SSSR count). The van der Waals surface area contributed by atoms with Gasteiger partial charge in [0.2, 0.25) is 0 Å². The van der Waals surface area contributed by atoms with Crippen molar-refractivity contribution in [3.8, 4) is 0 Å². The van der Waals surface area contributed by atoms with E-state index in [1.54, 1.807) is 0 Å². The van der Waals surface area contributed by atoms with Crippen molar-refractivity contribution >= 4 is 23.5 Å². The monoisotopic (exact) mass is 190 g/mol. The van der Waals surface area contributed by atoms with Crippen molar-refractivity contribution in [1.29, 1.82) is 0 Å². The molecule has 1 N–H and O–H groups in total. The molecule has 0 radical (unpaired) electrons. The Morgan fingerprint density at radius 2 is 1.64 bits per heavy atom. The van der Waals surface area contributed by atoms with Crippen LogP contribution in [0.15, 0.2) is 0 Å². The first-order valence-electron chi connectivity index (χ1n) is 4.32. The summed E-state index contributed by atoms with van der Waals surface area (Å²) in [5.74, 6) is 0. The Kier molecular flexibility index (Phi) is 2.69. The van der Waals surface area contributed by atoms with Crippen molar-refractivity contribution in [1.82, 2.24) is 0 Å². The molecule has 1 nitrogen and oxygen atoms in total. The highest BCUT2D eigenvalue weighted by molar-refractivity contribution is 8.20. The largest absolute Gasteiger partial charge is 0.394 e. The Bertz CT molecular complexity index is 126. The second-order valence-electron chi connectivity index (χ2n) is 3.25. The molecule has 3 heteroatoms. The quantitative estimate of drug-likeness (QED) is 0.684. The molecule has 1 heterocycles. The molecule has 1 aliphatic heterocycles. The summed E-state index contributed by atoms with van der Waals surface area (Å²) < 4.78 is 0.489. The zero-order valence-corrected chi connectivity index (χ0v) is 8.16. The zero-order valence-electron chi connectivity index (χ0n) is 6.53. The van der Waals surface area contributed by atoms with Gasteiger partial charge in [-0.25, -0.2) is 0 Å². The third-order valence-electron chi connectivity index (χ3n) is 2.44. The van der Waals surface area contributed by atoms with Crippen LogP contribution in [0.4, 0.5) is 0 Å². The van der Waals surface area contributed by atoms with Crippen LogP contribution < -0.4 is 0 Å². The average Bonchev–Trinajstić information content (AvgIpc) is 2.46. The highest BCUT2D eigenvalue weighted by Crippen LogP contribution is 2.49. The molecule has 1 saturated heterocycles. The van der Waals surface area contributed by atoms with Gasteiger partial charge in [0, 0.05) is 10.5 Å². The van der Waals surface area contributed by atoms with Gasteiger partial charge in [-0.1, -0.05) is 12.8 Å². The Morgan fingerprint density at radius 3 is 2.09 bits per heavy atom. The SMILES string of the molecule is OCC1SC2CCCCC2S1. The van der Waals surface area contributed by atoms with Crippen molar-refractivity contribution < 1.29 is 5.11 Å². The fourth-order valence-corrected chi connectivity index (χ4v) is 5.56. The van der Waals surface area contributed by atoms with E-state index in [4.69, 9.17) is 5.11 Å². The van der Waals surface area contributed by atoms with Crippen molar-refractivity contribution in [3.63, 3.8) is 0 Å². The van der Waals surface area contributed by atoms with Crippen molar-refractivity contribution in [2.45, 2.75) is 40.8 Å². The van der Waals surface area contributed by atoms with Gasteiger partial charge >= 0.3 is 0 Å². The third-order valence-corrected chi connectivity index (χ3v) is 6.02. The summed E-state index contributed by atoms with van der Waals surface area (Å²) in [5.41, 5.74) is 0. The summed E-state index contributed by atoms with van der Waals surface area (Å²) in [5, 5.41) is 10.7. The maximum Gasteiger partial charge on any atom is 0.0739 e. The first kappa shape index (κ1) is 8.27. The number of fused-ring (bicyclic) bond motifs is 1. The predicted octanol–water partition coefficient (Wildman–Crippen LogP) is 2.10. The van der Waals surface area contributed by atoms with Gasteiger partial charge in [0.15, 0.2) is 0 Å². The van der Waals surface area contributed by atoms with Gasteiger partial charge in [0.05, 0.1) is 11.2 Å². The lowest BCUT2D eigenvalue weighted by Crippen LogP contribution is -2.19. The number of aliphatic hydroxyl groups excluding tert-OH is 1. The van der Waals surface area contributed by atoms with Crippen molar-refractivity contribution in [2.75, 3.05) is 6.61 Å². The molecule has 0 amide bonds. The highest BCUT2D eigenvalue weighted by atomic mass is 32.2. The molecule has 1 aliphatic carbocycles. The molecule has 2 atom stereocenters. The normalized spacial score (nSPS) is 43.9. The van der Waals surface area contributed by atoms with Crippen LogP contribution in [-0.2, 0) is 0 Å². The summed E-state index contributed by atoms with van der Waals surface area (Å²) in [7, 11) is 0. The average molecular weight is 190 g/mol. The number of aliphatic hydroxyl groups is 1. The van der Waals surface area contributed by atoms with Crippen molar-refractivity contribution in [2.24, 2.45) is 0 Å². The van der Waals surface area contributed by atoms with E-state index in [0.717, 1.165) is 10.5 Å². The second kappa shape index (κ2) is 3.58. The van der Waals surface area contributed by atoms with Crippen LogP contribution in [-0.4, -0.2) is 26.8 Å². The number of hydrogen-bond donors (Lipinski definition) is 1. The first-order valence-corrected chi connectivity index (χ1v) is 6.20. The lowest BCUT2D eigenvalue weighted by atomic mass is 10.00. The van der Waals surface area contributed by atoms with E-state index in [1.807, 2.05) is 23.5 Å². The summed E-state index contributed by atoms with van der Waals surface area (Å²) in [6, 6.07) is 0. The third kappa shape index (κ3) is 1.70. The van der Waals surface area contributed by atoms with E-state index in [0.29, 0.717) is 11.2 Å². The molecule has 0 bridgehead atoms. The standard InChI is InChI=1S/C8H14OS2/c9-5-8-10-6-3-1-2-4-7(6)11-8/h6-9H,1-5H2. The molecule has 0 aromatic rings.